The minimum Gasteiger partial charge on any atom is -0.394 e. The van der Waals surface area contributed by atoms with Crippen LogP contribution in [0.3, 0.4) is 0 Å². The van der Waals surface area contributed by atoms with Crippen LogP contribution in [0, 0.1) is 0 Å². The molecule has 0 aliphatic rings. The van der Waals surface area contributed by atoms with Gasteiger partial charge in [0.2, 0.25) is 0 Å². The first kappa shape index (κ1) is 9.66. The van der Waals surface area contributed by atoms with Crippen LogP contribution in [0.15, 0.2) is 0 Å². The highest BCUT2D eigenvalue weighted by Gasteiger charge is 2.14. The van der Waals surface area contributed by atoms with Gasteiger partial charge < -0.3 is 21.4 Å². The van der Waals surface area contributed by atoms with E-state index < -0.39 is 24.6 Å². The van der Waals surface area contributed by atoms with Crippen LogP contribution in [0.2, 0.25) is 0 Å². The minimum atomic E-state index is -1.16. The van der Waals surface area contributed by atoms with Gasteiger partial charge >= 0.3 is 12.0 Å². The van der Waals surface area contributed by atoms with Gasteiger partial charge in [0, 0.05) is 0 Å². The summed E-state index contributed by atoms with van der Waals surface area (Å²) in [6.45, 7) is -0.556. The predicted molar refractivity (Wildman–Crippen MR) is 33.9 cm³/mol. The van der Waals surface area contributed by atoms with E-state index in [1.807, 2.05) is 0 Å². The molecule has 6 N–H and O–H groups in total. The molecule has 0 unspecified atom stereocenters. The maximum Gasteiger partial charge on any atom is 0.351 e. The van der Waals surface area contributed by atoms with E-state index >= 15 is 0 Å². The Balaban J connectivity index is 3.60. The van der Waals surface area contributed by atoms with Crippen LogP contribution in [0.5, 0.6) is 0 Å². The highest BCUT2D eigenvalue weighted by atomic mass is 16.7. The smallest absolute Gasteiger partial charge is 0.351 e. The number of urea groups is 1. The largest absolute Gasteiger partial charge is 0.394 e. The molecule has 1 atom stereocenters. The Hall–Kier alpha value is -1.34. The van der Waals surface area contributed by atoms with E-state index in [2.05, 4.69) is 10.6 Å². The van der Waals surface area contributed by atoms with Crippen LogP contribution in [0.25, 0.3) is 0 Å². The van der Waals surface area contributed by atoms with Crippen LogP contribution >= 0.6 is 0 Å². The zero-order valence-corrected chi connectivity index (χ0v) is 5.61. The number of hydrogen-bond donors (Lipinski definition) is 4. The highest BCUT2D eigenvalue weighted by Crippen LogP contribution is 1.79. The molecule has 11 heavy (non-hydrogen) atoms. The van der Waals surface area contributed by atoms with Gasteiger partial charge in [0.1, 0.15) is 6.04 Å². The average molecular weight is 163 g/mol. The molecular formula is C4H9N3O4. The molecule has 0 saturated heterocycles. The molecule has 7 nitrogen and oxygen atoms in total. The summed E-state index contributed by atoms with van der Waals surface area (Å²) in [4.78, 5) is 24.5. The quantitative estimate of drug-likeness (QED) is 0.333. The third kappa shape index (κ3) is 4.12. The van der Waals surface area contributed by atoms with Gasteiger partial charge in [-0.05, 0) is 0 Å². The molecule has 0 radical (unpaired) electrons. The zero-order chi connectivity index (χ0) is 8.85. The summed E-state index contributed by atoms with van der Waals surface area (Å²) in [6.07, 6.45) is 0. The van der Waals surface area contributed by atoms with Crippen molar-refractivity contribution in [1.82, 2.24) is 5.48 Å². The number of carbonyl (C=O) groups is 2. The summed E-state index contributed by atoms with van der Waals surface area (Å²) in [5, 5.41) is 8.30. The highest BCUT2D eigenvalue weighted by molar-refractivity contribution is 5.78. The second-order valence-corrected chi connectivity index (χ2v) is 1.68. The third-order valence-electron chi connectivity index (χ3n) is 0.752. The number of aliphatic hydroxyl groups is 1. The molecular weight excluding hydrogens is 154 g/mol. The summed E-state index contributed by atoms with van der Waals surface area (Å²) < 4.78 is 0. The molecule has 0 aliphatic heterocycles. The molecule has 2 amide bonds. The van der Waals surface area contributed by atoms with Gasteiger partial charge in [-0.3, -0.25) is 0 Å². The lowest BCUT2D eigenvalue weighted by Crippen LogP contribution is -2.41. The van der Waals surface area contributed by atoms with Crippen molar-refractivity contribution in [1.29, 1.82) is 0 Å². The molecule has 0 bridgehead atoms. The summed E-state index contributed by atoms with van der Waals surface area (Å²) in [6, 6.07) is -2.18. The standard InChI is InChI=1S/C4H9N3O4/c5-2(1-8)3(9)11-7-4(6)10/h2,8H,1,5H2,(H3,6,7,10)/t2-/m0/s1. The number of carbonyl (C=O) groups excluding carboxylic acids is 2. The van der Waals surface area contributed by atoms with Crippen molar-refractivity contribution in [2.45, 2.75) is 6.04 Å². The first-order chi connectivity index (χ1) is 5.07. The van der Waals surface area contributed by atoms with Gasteiger partial charge in [0.05, 0.1) is 6.61 Å². The molecule has 0 spiro atoms. The first-order valence-electron chi connectivity index (χ1n) is 2.70. The fourth-order valence-corrected chi connectivity index (χ4v) is 0.251. The fraction of sp³-hybridized carbons (Fsp3) is 0.500. The van der Waals surface area contributed by atoms with Crippen molar-refractivity contribution in [3.63, 3.8) is 0 Å². The van der Waals surface area contributed by atoms with Crippen molar-refractivity contribution >= 4 is 12.0 Å². The molecule has 0 aliphatic carbocycles. The first-order valence-corrected chi connectivity index (χ1v) is 2.70. The topological polar surface area (TPSA) is 128 Å². The maximum absolute atomic E-state index is 10.5. The van der Waals surface area contributed by atoms with E-state index in [1.54, 1.807) is 5.48 Å². The Bertz CT molecular complexity index is 159. The second kappa shape index (κ2) is 4.47. The molecule has 0 aromatic heterocycles. The van der Waals surface area contributed by atoms with Gasteiger partial charge in [-0.2, -0.15) is 5.48 Å². The number of hydrogen-bond acceptors (Lipinski definition) is 5. The van der Waals surface area contributed by atoms with Crippen molar-refractivity contribution < 1.29 is 19.5 Å². The number of nitrogens with one attached hydrogen (secondary N) is 1. The predicted octanol–water partition coefficient (Wildman–Crippen LogP) is -2.57. The second-order valence-electron chi connectivity index (χ2n) is 1.68. The Morgan fingerprint density at radius 2 is 2.18 bits per heavy atom. The monoisotopic (exact) mass is 163 g/mol. The molecule has 64 valence electrons. The van der Waals surface area contributed by atoms with Crippen molar-refractivity contribution in [2.24, 2.45) is 11.5 Å². The number of amides is 2. The normalized spacial score (nSPS) is 11.8. The molecule has 0 aromatic rings. The van der Waals surface area contributed by atoms with E-state index in [0.29, 0.717) is 0 Å². The SMILES string of the molecule is NC(=O)NOC(=O)[C@@H](N)CO. The van der Waals surface area contributed by atoms with E-state index in [1.165, 1.54) is 0 Å². The van der Waals surface area contributed by atoms with Gasteiger partial charge in [-0.15, -0.1) is 0 Å². The van der Waals surface area contributed by atoms with Gasteiger partial charge in [0.15, 0.2) is 0 Å². The molecule has 0 aromatic carbocycles. The summed E-state index contributed by atoms with van der Waals surface area (Å²) in [7, 11) is 0. The molecule has 7 heteroatoms. The lowest BCUT2D eigenvalue weighted by molar-refractivity contribution is -0.151. The summed E-state index contributed by atoms with van der Waals surface area (Å²) in [5.74, 6) is -0.952. The third-order valence-corrected chi connectivity index (χ3v) is 0.752. The van der Waals surface area contributed by atoms with Gasteiger partial charge in [-0.1, -0.05) is 0 Å². The van der Waals surface area contributed by atoms with Crippen molar-refractivity contribution in [3.05, 3.63) is 0 Å². The molecule has 0 heterocycles. The molecule has 0 saturated carbocycles. The van der Waals surface area contributed by atoms with E-state index in [4.69, 9.17) is 10.8 Å². The van der Waals surface area contributed by atoms with Gasteiger partial charge in [-0.25, -0.2) is 9.59 Å². The van der Waals surface area contributed by atoms with Crippen LogP contribution in [-0.4, -0.2) is 29.8 Å². The number of primary amides is 1. The minimum absolute atomic E-state index is 0.556. The Morgan fingerprint density at radius 3 is 2.55 bits per heavy atom. The molecule has 0 rings (SSSR count). The van der Waals surface area contributed by atoms with Crippen molar-refractivity contribution in [2.75, 3.05) is 6.61 Å². The number of hydroxylamine groups is 1. The van der Waals surface area contributed by atoms with Crippen LogP contribution in [-0.2, 0) is 9.63 Å². The lowest BCUT2D eigenvalue weighted by Gasteiger charge is -2.06. The van der Waals surface area contributed by atoms with Gasteiger partial charge in [0.25, 0.3) is 0 Å². The van der Waals surface area contributed by atoms with E-state index in [9.17, 15) is 9.59 Å². The molecule has 0 fully saturated rings. The summed E-state index contributed by atoms with van der Waals surface area (Å²) in [5.41, 5.74) is 11.1. The maximum atomic E-state index is 10.5. The summed E-state index contributed by atoms with van der Waals surface area (Å²) >= 11 is 0. The van der Waals surface area contributed by atoms with Crippen LogP contribution < -0.4 is 16.9 Å². The number of rotatable bonds is 2. The average Bonchev–Trinajstić information content (AvgIpc) is 1.98. The van der Waals surface area contributed by atoms with Crippen molar-refractivity contribution in [3.8, 4) is 0 Å². The Labute approximate surface area is 62.2 Å². The Kier molecular flexibility index (Phi) is 3.93. The zero-order valence-electron chi connectivity index (χ0n) is 5.61. The van der Waals surface area contributed by atoms with E-state index in [-0.39, 0.29) is 0 Å². The van der Waals surface area contributed by atoms with Crippen LogP contribution in [0.1, 0.15) is 0 Å². The Morgan fingerprint density at radius 1 is 1.64 bits per heavy atom. The lowest BCUT2D eigenvalue weighted by atomic mass is 10.3. The number of nitrogens with two attached hydrogens (primary N) is 2. The van der Waals surface area contributed by atoms with Crippen LogP contribution in [0.4, 0.5) is 4.79 Å². The fourth-order valence-electron chi connectivity index (χ4n) is 0.251. The van der Waals surface area contributed by atoms with E-state index in [0.717, 1.165) is 0 Å². The number of aliphatic hydroxyl groups excluding tert-OH is 1.